The molecule has 1 saturated heterocycles. The molecule has 1 fully saturated rings. The van der Waals surface area contributed by atoms with Gasteiger partial charge < -0.3 is 10.1 Å². The first-order valence-corrected chi connectivity index (χ1v) is 9.19. The van der Waals surface area contributed by atoms with Gasteiger partial charge in [0.1, 0.15) is 12.6 Å². The minimum Gasteiger partial charge on any atom is -0.460 e. The number of hydrogen-bond donors (Lipinski definition) is 1. The van der Waals surface area contributed by atoms with Gasteiger partial charge in [0.15, 0.2) is 0 Å². The third-order valence-electron chi connectivity index (χ3n) is 5.07. The molecular formula is C23H23NO2. The molecule has 0 aromatic heterocycles. The van der Waals surface area contributed by atoms with Crippen molar-refractivity contribution in [1.29, 1.82) is 0 Å². The number of rotatable bonds is 5. The van der Waals surface area contributed by atoms with E-state index in [1.807, 2.05) is 30.3 Å². The van der Waals surface area contributed by atoms with Crippen LogP contribution in [0.4, 0.5) is 0 Å². The number of fused-ring (bicyclic) bond motifs is 1. The van der Waals surface area contributed by atoms with Crippen molar-refractivity contribution in [1.82, 2.24) is 5.32 Å². The Hall–Kier alpha value is -2.65. The number of nitrogens with one attached hydrogen (secondary N) is 1. The van der Waals surface area contributed by atoms with E-state index in [-0.39, 0.29) is 12.0 Å². The van der Waals surface area contributed by atoms with Crippen molar-refractivity contribution in [2.24, 2.45) is 5.92 Å². The van der Waals surface area contributed by atoms with Crippen LogP contribution in [-0.2, 0) is 22.6 Å². The van der Waals surface area contributed by atoms with Crippen LogP contribution in [0.3, 0.4) is 0 Å². The third kappa shape index (κ3) is 3.94. The fourth-order valence-corrected chi connectivity index (χ4v) is 3.67. The second-order valence-corrected chi connectivity index (χ2v) is 7.04. The maximum absolute atomic E-state index is 12.3. The summed E-state index contributed by atoms with van der Waals surface area (Å²) in [5, 5.41) is 5.87. The van der Waals surface area contributed by atoms with E-state index >= 15 is 0 Å². The van der Waals surface area contributed by atoms with Crippen molar-refractivity contribution in [3.05, 3.63) is 83.9 Å². The molecule has 3 aromatic rings. The van der Waals surface area contributed by atoms with Gasteiger partial charge in [0.2, 0.25) is 0 Å². The summed E-state index contributed by atoms with van der Waals surface area (Å²) >= 11 is 0. The molecule has 132 valence electrons. The molecule has 3 heteroatoms. The Morgan fingerprint density at radius 3 is 2.54 bits per heavy atom. The normalized spacial score (nSPS) is 19.5. The minimum absolute atomic E-state index is 0.144. The Bertz CT molecular complexity index is 891. The molecule has 1 aliphatic heterocycles. The summed E-state index contributed by atoms with van der Waals surface area (Å²) in [4.78, 5) is 12.3. The van der Waals surface area contributed by atoms with Crippen molar-refractivity contribution in [3.8, 4) is 0 Å². The van der Waals surface area contributed by atoms with Gasteiger partial charge in [-0.05, 0) is 47.2 Å². The first-order chi connectivity index (χ1) is 12.8. The second kappa shape index (κ2) is 7.71. The Labute approximate surface area is 154 Å². The fraction of sp³-hybridized carbons (Fsp3) is 0.261. The van der Waals surface area contributed by atoms with Crippen molar-refractivity contribution < 1.29 is 9.53 Å². The highest BCUT2D eigenvalue weighted by Crippen LogP contribution is 2.23. The van der Waals surface area contributed by atoms with Crippen LogP contribution >= 0.6 is 0 Å². The molecule has 2 atom stereocenters. The summed E-state index contributed by atoms with van der Waals surface area (Å²) in [6.07, 6.45) is 1.82. The zero-order chi connectivity index (χ0) is 17.8. The summed E-state index contributed by atoms with van der Waals surface area (Å²) < 4.78 is 5.47. The van der Waals surface area contributed by atoms with Crippen molar-refractivity contribution >= 4 is 16.7 Å². The van der Waals surface area contributed by atoms with Crippen LogP contribution in [0.2, 0.25) is 0 Å². The molecule has 26 heavy (non-hydrogen) atoms. The quantitative estimate of drug-likeness (QED) is 0.708. The number of carbonyl (C=O) groups is 1. The first-order valence-electron chi connectivity index (χ1n) is 9.19. The van der Waals surface area contributed by atoms with Gasteiger partial charge >= 0.3 is 5.97 Å². The molecule has 3 nitrogen and oxygen atoms in total. The summed E-state index contributed by atoms with van der Waals surface area (Å²) in [5.41, 5.74) is 2.35. The minimum atomic E-state index is -0.191. The van der Waals surface area contributed by atoms with Crippen molar-refractivity contribution in [2.45, 2.75) is 25.5 Å². The van der Waals surface area contributed by atoms with Crippen LogP contribution in [0.15, 0.2) is 72.8 Å². The molecule has 1 aliphatic rings. The van der Waals surface area contributed by atoms with Gasteiger partial charge in [-0.15, -0.1) is 0 Å². The Morgan fingerprint density at radius 1 is 0.923 bits per heavy atom. The van der Waals surface area contributed by atoms with Gasteiger partial charge in [-0.25, -0.2) is 0 Å². The van der Waals surface area contributed by atoms with E-state index in [9.17, 15) is 4.79 Å². The lowest BCUT2D eigenvalue weighted by molar-refractivity contribution is -0.147. The molecule has 1 heterocycles. The van der Waals surface area contributed by atoms with Gasteiger partial charge in [0.05, 0.1) is 0 Å². The van der Waals surface area contributed by atoms with Crippen molar-refractivity contribution in [3.63, 3.8) is 0 Å². The Balaban J connectivity index is 1.32. The summed E-state index contributed by atoms with van der Waals surface area (Å²) in [7, 11) is 0. The van der Waals surface area contributed by atoms with Crippen LogP contribution in [0.5, 0.6) is 0 Å². The summed E-state index contributed by atoms with van der Waals surface area (Å²) in [6.45, 7) is 1.20. The molecule has 0 unspecified atom stereocenters. The molecular weight excluding hydrogens is 322 g/mol. The monoisotopic (exact) mass is 345 g/mol. The van der Waals surface area contributed by atoms with Gasteiger partial charge in [-0.2, -0.15) is 0 Å². The van der Waals surface area contributed by atoms with Crippen LogP contribution in [0.25, 0.3) is 10.8 Å². The lowest BCUT2D eigenvalue weighted by Gasteiger charge is -2.11. The van der Waals surface area contributed by atoms with E-state index in [0.717, 1.165) is 24.9 Å². The summed E-state index contributed by atoms with van der Waals surface area (Å²) in [5.74, 6) is 0.320. The first kappa shape index (κ1) is 16.8. The topological polar surface area (TPSA) is 38.3 Å². The molecule has 0 bridgehead atoms. The third-order valence-corrected chi connectivity index (χ3v) is 5.07. The molecule has 0 amide bonds. The van der Waals surface area contributed by atoms with Gasteiger partial charge in [0, 0.05) is 0 Å². The summed E-state index contributed by atoms with van der Waals surface area (Å²) in [6, 6.07) is 24.7. The highest BCUT2D eigenvalue weighted by molar-refractivity contribution is 5.83. The predicted octanol–water partition coefficient (Wildman–Crippen LogP) is 4.10. The smallest absolute Gasteiger partial charge is 0.323 e. The number of hydrogen-bond acceptors (Lipinski definition) is 3. The van der Waals surface area contributed by atoms with Crippen LogP contribution in [-0.4, -0.2) is 18.6 Å². The van der Waals surface area contributed by atoms with E-state index < -0.39 is 0 Å². The average Bonchev–Trinajstić information content (AvgIpc) is 3.15. The number of ether oxygens (including phenoxy) is 1. The maximum atomic E-state index is 12.3. The van der Waals surface area contributed by atoms with E-state index in [1.165, 1.54) is 16.3 Å². The van der Waals surface area contributed by atoms with Gasteiger partial charge in [0.25, 0.3) is 0 Å². The molecule has 0 aliphatic carbocycles. The van der Waals surface area contributed by atoms with E-state index in [0.29, 0.717) is 12.5 Å². The number of carbonyl (C=O) groups excluding carboxylic acids is 1. The lowest BCUT2D eigenvalue weighted by Crippen LogP contribution is -2.32. The lowest BCUT2D eigenvalue weighted by atomic mass is 9.95. The Kier molecular flexibility index (Phi) is 4.98. The highest BCUT2D eigenvalue weighted by atomic mass is 16.5. The van der Waals surface area contributed by atoms with Crippen LogP contribution < -0.4 is 5.32 Å². The molecule has 0 radical (unpaired) electrons. The van der Waals surface area contributed by atoms with Crippen LogP contribution in [0.1, 0.15) is 17.5 Å². The molecule has 4 rings (SSSR count). The highest BCUT2D eigenvalue weighted by Gasteiger charge is 2.30. The number of benzene rings is 3. The average molecular weight is 345 g/mol. The van der Waals surface area contributed by atoms with Gasteiger partial charge in [-0.3, -0.25) is 4.79 Å². The van der Waals surface area contributed by atoms with E-state index in [4.69, 9.17) is 4.74 Å². The zero-order valence-electron chi connectivity index (χ0n) is 14.7. The number of esters is 1. The van der Waals surface area contributed by atoms with E-state index in [2.05, 4.69) is 47.8 Å². The zero-order valence-corrected chi connectivity index (χ0v) is 14.7. The molecule has 3 aromatic carbocycles. The standard InChI is InChI=1S/C23H23NO2/c25-23(26-16-17-6-2-1-3-7-17)22-14-19(15-24-22)12-18-10-11-20-8-4-5-9-21(20)13-18/h1-11,13,19,22,24H,12,14-16H2/t19-,22+/m0/s1. The van der Waals surface area contributed by atoms with Gasteiger partial charge in [-0.1, -0.05) is 72.8 Å². The van der Waals surface area contributed by atoms with Crippen molar-refractivity contribution in [2.75, 3.05) is 6.54 Å². The Morgan fingerprint density at radius 2 is 1.69 bits per heavy atom. The van der Waals surface area contributed by atoms with E-state index in [1.54, 1.807) is 0 Å². The SMILES string of the molecule is O=C(OCc1ccccc1)[C@H]1C[C@H](Cc2ccc3ccccc3c2)CN1. The predicted molar refractivity (Wildman–Crippen MR) is 104 cm³/mol. The molecule has 0 spiro atoms. The van der Waals surface area contributed by atoms with Crippen LogP contribution in [0, 0.1) is 5.92 Å². The second-order valence-electron chi connectivity index (χ2n) is 7.04. The molecule has 1 N–H and O–H groups in total. The maximum Gasteiger partial charge on any atom is 0.323 e. The fourth-order valence-electron chi connectivity index (χ4n) is 3.67. The largest absolute Gasteiger partial charge is 0.460 e. The molecule has 0 saturated carbocycles.